The molecule has 3 amide bonds. The van der Waals surface area contributed by atoms with Crippen molar-refractivity contribution in [2.24, 2.45) is 5.92 Å². The highest BCUT2D eigenvalue weighted by Gasteiger charge is 2.29. The van der Waals surface area contributed by atoms with E-state index in [0.717, 1.165) is 25.0 Å². The number of likely N-dealkylation sites (tertiary alicyclic amines) is 1. The Hall–Kier alpha value is -3.00. The van der Waals surface area contributed by atoms with Crippen molar-refractivity contribution in [1.82, 2.24) is 10.2 Å². The Morgan fingerprint density at radius 3 is 2.25 bits per heavy atom. The number of halogens is 3. The minimum atomic E-state index is -0.902. The van der Waals surface area contributed by atoms with Gasteiger partial charge >= 0.3 is 0 Å². The molecule has 9 heteroatoms. The molecule has 32 heavy (non-hydrogen) atoms. The van der Waals surface area contributed by atoms with Crippen LogP contribution < -0.4 is 10.6 Å². The lowest BCUT2D eigenvalue weighted by molar-refractivity contribution is -0.121. The number of piperidine rings is 1. The van der Waals surface area contributed by atoms with Gasteiger partial charge in [-0.3, -0.25) is 14.4 Å². The summed E-state index contributed by atoms with van der Waals surface area (Å²) >= 11 is 6.22. The molecular formula is C23H22ClF2N3O3. The summed E-state index contributed by atoms with van der Waals surface area (Å²) in [4.78, 5) is 38.8. The molecule has 0 aromatic heterocycles. The van der Waals surface area contributed by atoms with Gasteiger partial charge in [0.15, 0.2) is 0 Å². The number of benzene rings is 2. The summed E-state index contributed by atoms with van der Waals surface area (Å²) in [6, 6.07) is 7.81. The molecule has 0 spiro atoms. The molecule has 2 aromatic rings. The van der Waals surface area contributed by atoms with Crippen molar-refractivity contribution in [2.45, 2.75) is 31.7 Å². The van der Waals surface area contributed by atoms with E-state index in [9.17, 15) is 23.2 Å². The predicted octanol–water partition coefficient (Wildman–Crippen LogP) is 4.00. The third-order valence-corrected chi connectivity index (χ3v) is 6.02. The van der Waals surface area contributed by atoms with E-state index in [1.165, 1.54) is 11.0 Å². The maximum atomic E-state index is 13.9. The summed E-state index contributed by atoms with van der Waals surface area (Å²) in [5.74, 6) is -2.93. The van der Waals surface area contributed by atoms with Gasteiger partial charge in [-0.25, -0.2) is 8.78 Å². The molecule has 2 aromatic carbocycles. The maximum absolute atomic E-state index is 13.9. The van der Waals surface area contributed by atoms with Crippen molar-refractivity contribution in [2.75, 3.05) is 18.4 Å². The molecule has 0 atom stereocenters. The predicted molar refractivity (Wildman–Crippen MR) is 116 cm³/mol. The van der Waals surface area contributed by atoms with E-state index in [4.69, 9.17) is 11.6 Å². The topological polar surface area (TPSA) is 78.5 Å². The number of carbonyl (C=O) groups is 3. The lowest BCUT2D eigenvalue weighted by Crippen LogP contribution is -2.41. The van der Waals surface area contributed by atoms with Crippen LogP contribution in [0.2, 0.25) is 5.02 Å². The second kappa shape index (κ2) is 9.24. The Morgan fingerprint density at radius 1 is 0.938 bits per heavy atom. The van der Waals surface area contributed by atoms with Gasteiger partial charge in [-0.15, -0.1) is 0 Å². The smallest absolute Gasteiger partial charge is 0.256 e. The van der Waals surface area contributed by atoms with Gasteiger partial charge in [-0.2, -0.15) is 0 Å². The number of nitrogens with zero attached hydrogens (tertiary/aromatic N) is 1. The first-order valence-electron chi connectivity index (χ1n) is 10.5. The van der Waals surface area contributed by atoms with E-state index < -0.39 is 17.5 Å². The van der Waals surface area contributed by atoms with Crippen LogP contribution in [-0.2, 0) is 4.79 Å². The lowest BCUT2D eigenvalue weighted by Gasteiger charge is -2.31. The van der Waals surface area contributed by atoms with Crippen LogP contribution in [0.4, 0.5) is 14.5 Å². The molecule has 2 N–H and O–H groups in total. The average molecular weight is 462 g/mol. The van der Waals surface area contributed by atoms with Crippen molar-refractivity contribution < 1.29 is 23.2 Å². The van der Waals surface area contributed by atoms with Crippen LogP contribution in [0.15, 0.2) is 36.4 Å². The summed E-state index contributed by atoms with van der Waals surface area (Å²) in [6.07, 6.45) is 2.77. The highest BCUT2D eigenvalue weighted by molar-refractivity contribution is 6.34. The Bertz CT molecular complexity index is 1070. The number of nitrogens with one attached hydrogen (secondary N) is 2. The van der Waals surface area contributed by atoms with E-state index in [0.29, 0.717) is 30.2 Å². The Labute approximate surface area is 188 Å². The monoisotopic (exact) mass is 461 g/mol. The van der Waals surface area contributed by atoms with Gasteiger partial charge in [-0.05, 0) is 56.0 Å². The van der Waals surface area contributed by atoms with Crippen molar-refractivity contribution in [3.63, 3.8) is 0 Å². The Kier molecular flexibility index (Phi) is 6.41. The highest BCUT2D eigenvalue weighted by atomic mass is 35.5. The Morgan fingerprint density at radius 2 is 1.62 bits per heavy atom. The minimum absolute atomic E-state index is 0.185. The second-order valence-electron chi connectivity index (χ2n) is 8.12. The van der Waals surface area contributed by atoms with E-state index in [-0.39, 0.29) is 47.4 Å². The summed E-state index contributed by atoms with van der Waals surface area (Å²) in [6.45, 7) is 0.573. The highest BCUT2D eigenvalue weighted by Crippen LogP contribution is 2.26. The minimum Gasteiger partial charge on any atom is -0.349 e. The van der Waals surface area contributed by atoms with Crippen LogP contribution in [0, 0.1) is 17.6 Å². The van der Waals surface area contributed by atoms with Crippen LogP contribution in [0.5, 0.6) is 0 Å². The van der Waals surface area contributed by atoms with Crippen molar-refractivity contribution in [1.29, 1.82) is 0 Å². The van der Waals surface area contributed by atoms with Crippen LogP contribution in [0.25, 0.3) is 0 Å². The number of rotatable bonds is 5. The lowest BCUT2D eigenvalue weighted by atomic mass is 9.95. The number of amides is 3. The molecule has 0 radical (unpaired) electrons. The number of anilines is 1. The molecule has 4 rings (SSSR count). The molecule has 1 aliphatic carbocycles. The van der Waals surface area contributed by atoms with Gasteiger partial charge in [0.05, 0.1) is 16.1 Å². The molecular weight excluding hydrogens is 440 g/mol. The first-order chi connectivity index (χ1) is 15.3. The second-order valence-corrected chi connectivity index (χ2v) is 8.53. The number of hydrogen-bond donors (Lipinski definition) is 2. The first-order valence-corrected chi connectivity index (χ1v) is 10.8. The molecule has 1 saturated carbocycles. The first kappa shape index (κ1) is 22.2. The van der Waals surface area contributed by atoms with Gasteiger partial charge < -0.3 is 15.5 Å². The molecule has 2 fully saturated rings. The molecule has 168 valence electrons. The van der Waals surface area contributed by atoms with Crippen LogP contribution >= 0.6 is 11.6 Å². The number of carbonyl (C=O) groups excluding carboxylic acids is 3. The average Bonchev–Trinajstić information content (AvgIpc) is 3.57. The molecule has 0 unspecified atom stereocenters. The van der Waals surface area contributed by atoms with E-state index >= 15 is 0 Å². The fourth-order valence-corrected chi connectivity index (χ4v) is 3.96. The summed E-state index contributed by atoms with van der Waals surface area (Å²) in [5, 5.41) is 5.92. The molecule has 2 aliphatic rings. The number of hydrogen-bond acceptors (Lipinski definition) is 3. The van der Waals surface area contributed by atoms with Gasteiger partial charge in [0.2, 0.25) is 5.91 Å². The normalized spacial score (nSPS) is 16.5. The fourth-order valence-electron chi connectivity index (χ4n) is 3.69. The zero-order valence-corrected chi connectivity index (χ0v) is 17.9. The maximum Gasteiger partial charge on any atom is 0.256 e. The third kappa shape index (κ3) is 5.07. The zero-order chi connectivity index (χ0) is 22.8. The fraction of sp³-hybridized carbons (Fsp3) is 0.348. The third-order valence-electron chi connectivity index (χ3n) is 5.71. The summed E-state index contributed by atoms with van der Waals surface area (Å²) < 4.78 is 27.0. The largest absolute Gasteiger partial charge is 0.349 e. The van der Waals surface area contributed by atoms with Crippen molar-refractivity contribution >= 4 is 35.0 Å². The standard InChI is InChI=1S/C23H22ClF2N3O3/c24-19-12-16(4-6-17(19)22(31)27-15-2-3-15)28-21(30)13-7-9-29(10-8-13)23(32)18-5-1-14(25)11-20(18)26/h1,4-6,11-13,15H,2-3,7-10H2,(H,27,31)(H,28,30). The van der Waals surface area contributed by atoms with Crippen LogP contribution in [0.3, 0.4) is 0 Å². The molecule has 1 heterocycles. The molecule has 6 nitrogen and oxygen atoms in total. The summed E-state index contributed by atoms with van der Waals surface area (Å²) in [5.41, 5.74) is 0.654. The SMILES string of the molecule is O=C(NC1CC1)c1ccc(NC(=O)C2CCN(C(=O)c3ccc(F)cc3F)CC2)cc1Cl. The molecule has 0 bridgehead atoms. The van der Waals surface area contributed by atoms with E-state index in [1.54, 1.807) is 12.1 Å². The van der Waals surface area contributed by atoms with Gasteiger partial charge in [0.1, 0.15) is 11.6 Å². The zero-order valence-electron chi connectivity index (χ0n) is 17.2. The quantitative estimate of drug-likeness (QED) is 0.706. The molecule has 1 aliphatic heterocycles. The Balaban J connectivity index is 1.32. The van der Waals surface area contributed by atoms with Crippen LogP contribution in [-0.4, -0.2) is 41.8 Å². The van der Waals surface area contributed by atoms with Crippen LogP contribution in [0.1, 0.15) is 46.4 Å². The van der Waals surface area contributed by atoms with Gasteiger partial charge in [0.25, 0.3) is 11.8 Å². The molecule has 1 saturated heterocycles. The van der Waals surface area contributed by atoms with Crippen molar-refractivity contribution in [3.05, 3.63) is 64.2 Å². The van der Waals surface area contributed by atoms with Gasteiger partial charge in [-0.1, -0.05) is 11.6 Å². The summed E-state index contributed by atoms with van der Waals surface area (Å²) in [7, 11) is 0. The van der Waals surface area contributed by atoms with Crippen molar-refractivity contribution in [3.8, 4) is 0 Å². The van der Waals surface area contributed by atoms with E-state index in [1.807, 2.05) is 0 Å². The van der Waals surface area contributed by atoms with E-state index in [2.05, 4.69) is 10.6 Å². The van der Waals surface area contributed by atoms with Gasteiger partial charge in [0, 0.05) is 36.8 Å².